The number of fused-ring (bicyclic) bond motifs is 4. The molecule has 3 atom stereocenters. The second-order valence-corrected chi connectivity index (χ2v) is 10.2. The zero-order valence-electron chi connectivity index (χ0n) is 17.2. The van der Waals surface area contributed by atoms with Crippen LogP contribution in [0.3, 0.4) is 0 Å². The van der Waals surface area contributed by atoms with Gasteiger partial charge in [-0.3, -0.25) is 4.79 Å². The smallest absolute Gasteiger partial charge is 0.244 e. The monoisotopic (exact) mass is 415 g/mol. The molecule has 2 aromatic carbocycles. The lowest BCUT2D eigenvalue weighted by Crippen LogP contribution is -2.64. The number of sulfone groups is 1. The minimum Gasteiger partial charge on any atom is -0.497 e. The van der Waals surface area contributed by atoms with E-state index in [1.807, 2.05) is 20.8 Å². The molecule has 0 N–H and O–H groups in total. The largest absolute Gasteiger partial charge is 0.497 e. The van der Waals surface area contributed by atoms with Crippen molar-refractivity contribution < 1.29 is 22.7 Å². The van der Waals surface area contributed by atoms with Crippen LogP contribution in [-0.2, 0) is 14.6 Å². The van der Waals surface area contributed by atoms with Crippen LogP contribution in [0.4, 0.5) is 0 Å². The molecule has 0 aliphatic carbocycles. The van der Waals surface area contributed by atoms with E-state index in [0.29, 0.717) is 23.5 Å². The van der Waals surface area contributed by atoms with Gasteiger partial charge in [0, 0.05) is 24.9 Å². The molecule has 29 heavy (non-hydrogen) atoms. The molecule has 4 rings (SSSR count). The number of methoxy groups -OCH3 is 1. The molecule has 1 fully saturated rings. The first kappa shape index (κ1) is 19.8. The number of nitrogens with zero attached hydrogens (tertiary/aromatic N) is 1. The fourth-order valence-corrected chi connectivity index (χ4v) is 6.28. The van der Waals surface area contributed by atoms with Crippen molar-refractivity contribution >= 4 is 15.7 Å². The number of hydrogen-bond acceptors (Lipinski definition) is 5. The Morgan fingerprint density at radius 1 is 1.14 bits per heavy atom. The van der Waals surface area contributed by atoms with Gasteiger partial charge >= 0.3 is 0 Å². The number of ether oxygens (including phenoxy) is 2. The second kappa shape index (κ2) is 6.49. The lowest BCUT2D eigenvalue weighted by Gasteiger charge is -2.51. The van der Waals surface area contributed by atoms with Gasteiger partial charge in [-0.2, -0.15) is 0 Å². The fraction of sp³-hybridized carbons (Fsp3) is 0.409. The number of carbonyl (C=O) groups is 1. The highest BCUT2D eigenvalue weighted by atomic mass is 32.2. The van der Waals surface area contributed by atoms with Crippen LogP contribution in [0.2, 0.25) is 0 Å². The molecule has 1 saturated heterocycles. The number of carbonyl (C=O) groups excluding carboxylic acids is 1. The Morgan fingerprint density at radius 2 is 1.86 bits per heavy atom. The first-order valence-corrected chi connectivity index (χ1v) is 11.1. The van der Waals surface area contributed by atoms with Crippen molar-refractivity contribution in [3.63, 3.8) is 0 Å². The van der Waals surface area contributed by atoms with Crippen LogP contribution in [0.5, 0.6) is 11.5 Å². The van der Waals surface area contributed by atoms with Gasteiger partial charge in [0.1, 0.15) is 11.5 Å². The summed E-state index contributed by atoms with van der Waals surface area (Å²) in [6.45, 7) is 5.62. The van der Waals surface area contributed by atoms with Gasteiger partial charge in [0.2, 0.25) is 5.91 Å². The first-order valence-electron chi connectivity index (χ1n) is 9.54. The molecular formula is C22H25NO5S. The molecule has 2 aromatic rings. The Hall–Kier alpha value is -2.54. The predicted octanol–water partition coefficient (Wildman–Crippen LogP) is 3.21. The topological polar surface area (TPSA) is 72.9 Å². The Morgan fingerprint density at radius 3 is 2.52 bits per heavy atom. The van der Waals surface area contributed by atoms with E-state index in [2.05, 4.69) is 0 Å². The molecule has 0 aromatic heterocycles. The zero-order chi connectivity index (χ0) is 21.1. The van der Waals surface area contributed by atoms with Crippen LogP contribution >= 0.6 is 0 Å². The van der Waals surface area contributed by atoms with Crippen LogP contribution in [-0.4, -0.2) is 44.4 Å². The third-order valence-electron chi connectivity index (χ3n) is 6.34. The van der Waals surface area contributed by atoms with Crippen LogP contribution in [0.1, 0.15) is 36.0 Å². The van der Waals surface area contributed by atoms with Crippen molar-refractivity contribution in [2.45, 2.75) is 49.0 Å². The van der Waals surface area contributed by atoms with E-state index in [9.17, 15) is 13.2 Å². The summed E-state index contributed by atoms with van der Waals surface area (Å²) in [7, 11) is -0.750. The summed E-state index contributed by atoms with van der Waals surface area (Å²) in [6.07, 6.45) is 0.393. The highest BCUT2D eigenvalue weighted by Crippen LogP contribution is 2.50. The van der Waals surface area contributed by atoms with Crippen molar-refractivity contribution in [1.29, 1.82) is 0 Å². The molecule has 2 heterocycles. The molecule has 1 amide bonds. The van der Waals surface area contributed by atoms with Crippen molar-refractivity contribution in [2.24, 2.45) is 0 Å². The molecule has 0 saturated carbocycles. The lowest BCUT2D eigenvalue weighted by molar-refractivity contribution is -0.159. The third kappa shape index (κ3) is 2.90. The van der Waals surface area contributed by atoms with Crippen molar-refractivity contribution in [3.8, 4) is 11.5 Å². The molecular weight excluding hydrogens is 390 g/mol. The molecule has 6 nitrogen and oxygen atoms in total. The maximum Gasteiger partial charge on any atom is 0.244 e. The molecule has 2 aliphatic heterocycles. The third-order valence-corrected chi connectivity index (χ3v) is 8.44. The minimum absolute atomic E-state index is 0.173. The highest BCUT2D eigenvalue weighted by Gasteiger charge is 2.57. The number of aryl methyl sites for hydroxylation is 2. The Kier molecular flexibility index (Phi) is 4.42. The number of piperidine rings is 1. The van der Waals surface area contributed by atoms with E-state index in [-0.39, 0.29) is 4.90 Å². The standard InChI is InChI=1S/C22H25NO5S/c1-13-6-8-16(10-14(13)2)29(25,26)20-18-12-22(3,23(4)21(20)24)28-19-9-7-15(27-5)11-17(18)19/h6-11,18,20H,12H2,1-5H3/t18-,20+,22-/m1/s1. The average Bonchev–Trinajstić information content (AvgIpc) is 2.68. The Labute approximate surface area is 171 Å². The van der Waals surface area contributed by atoms with Crippen LogP contribution in [0.25, 0.3) is 0 Å². The van der Waals surface area contributed by atoms with Gasteiger partial charge in [-0.25, -0.2) is 8.42 Å². The summed E-state index contributed by atoms with van der Waals surface area (Å²) < 4.78 is 38.8. The lowest BCUT2D eigenvalue weighted by atomic mass is 9.80. The molecule has 0 unspecified atom stereocenters. The average molecular weight is 416 g/mol. The van der Waals surface area contributed by atoms with Crippen molar-refractivity contribution in [3.05, 3.63) is 53.1 Å². The Balaban J connectivity index is 1.90. The summed E-state index contributed by atoms with van der Waals surface area (Å²) in [5.41, 5.74) is 1.69. The number of rotatable bonds is 3. The maximum atomic E-state index is 13.7. The number of amides is 1. The van der Waals surface area contributed by atoms with Gasteiger partial charge in [-0.15, -0.1) is 0 Å². The second-order valence-electron chi connectivity index (χ2n) is 8.10. The van der Waals surface area contributed by atoms with E-state index >= 15 is 0 Å². The molecule has 0 spiro atoms. The quantitative estimate of drug-likeness (QED) is 0.770. The number of hydrogen-bond donors (Lipinski definition) is 0. The van der Waals surface area contributed by atoms with Crippen LogP contribution in [0.15, 0.2) is 41.3 Å². The minimum atomic E-state index is -3.91. The van der Waals surface area contributed by atoms with E-state index in [1.165, 1.54) is 4.90 Å². The van der Waals surface area contributed by atoms with Gasteiger partial charge in [0.05, 0.1) is 12.0 Å². The van der Waals surface area contributed by atoms with E-state index < -0.39 is 32.6 Å². The summed E-state index contributed by atoms with van der Waals surface area (Å²) in [5, 5.41) is -1.21. The maximum absolute atomic E-state index is 13.7. The molecule has 0 radical (unpaired) electrons. The number of benzene rings is 2. The fourth-order valence-electron chi connectivity index (χ4n) is 4.29. The van der Waals surface area contributed by atoms with Gasteiger partial charge in [-0.05, 0) is 62.2 Å². The van der Waals surface area contributed by atoms with E-state index in [4.69, 9.17) is 9.47 Å². The normalized spacial score (nSPS) is 26.0. The van der Waals surface area contributed by atoms with E-state index in [0.717, 1.165) is 11.1 Å². The number of likely N-dealkylation sites (tertiary alicyclic amines) is 1. The summed E-state index contributed by atoms with van der Waals surface area (Å²) in [5.74, 6) is 0.221. The van der Waals surface area contributed by atoms with Crippen LogP contribution in [0, 0.1) is 13.8 Å². The molecule has 2 aliphatic rings. The first-order chi connectivity index (χ1) is 13.6. The summed E-state index contributed by atoms with van der Waals surface area (Å²) in [4.78, 5) is 14.9. The van der Waals surface area contributed by atoms with Gasteiger partial charge in [0.25, 0.3) is 0 Å². The highest BCUT2D eigenvalue weighted by molar-refractivity contribution is 7.92. The van der Waals surface area contributed by atoms with E-state index in [1.54, 1.807) is 50.6 Å². The van der Waals surface area contributed by atoms with Crippen molar-refractivity contribution in [2.75, 3.05) is 14.2 Å². The van der Waals surface area contributed by atoms with Gasteiger partial charge in [-0.1, -0.05) is 6.07 Å². The summed E-state index contributed by atoms with van der Waals surface area (Å²) in [6, 6.07) is 10.4. The molecule has 154 valence electrons. The van der Waals surface area contributed by atoms with Gasteiger partial charge in [0.15, 0.2) is 20.8 Å². The Bertz CT molecular complexity index is 1110. The molecule has 7 heteroatoms. The van der Waals surface area contributed by atoms with Gasteiger partial charge < -0.3 is 14.4 Å². The van der Waals surface area contributed by atoms with Crippen molar-refractivity contribution in [1.82, 2.24) is 4.90 Å². The molecule has 2 bridgehead atoms. The summed E-state index contributed by atoms with van der Waals surface area (Å²) >= 11 is 0. The predicted molar refractivity (Wildman–Crippen MR) is 109 cm³/mol. The SMILES string of the molecule is COc1ccc2c(c1)[C@H]1C[C@@](C)(O2)N(C)C(=O)[C@H]1S(=O)(=O)c1ccc(C)c(C)c1. The van der Waals surface area contributed by atoms with Crippen LogP contribution < -0.4 is 9.47 Å². The zero-order valence-corrected chi connectivity index (χ0v) is 18.0.